The van der Waals surface area contributed by atoms with Crippen LogP contribution in [0.25, 0.3) is 0 Å². The number of hydrogen-bond donors (Lipinski definition) is 3. The van der Waals surface area contributed by atoms with E-state index in [-0.39, 0.29) is 6.04 Å². The molecule has 1 atom stereocenters. The first-order valence-electron chi connectivity index (χ1n) is 2.99. The lowest BCUT2D eigenvalue weighted by molar-refractivity contribution is 0.757. The number of hydrogen-bond acceptors (Lipinski definition) is 4. The largest absolute Gasteiger partial charge is 0.321 e. The molecule has 1 rings (SSSR count). The summed E-state index contributed by atoms with van der Waals surface area (Å²) in [6.45, 7) is 1.84. The molecule has 3 N–H and O–H groups in total. The Kier molecular flexibility index (Phi) is 2.29. The fraction of sp³-hybridized carbons (Fsp3) is 0.600. The lowest BCUT2D eigenvalue weighted by Gasteiger charge is -1.99. The van der Waals surface area contributed by atoms with E-state index in [0.29, 0.717) is 11.6 Å². The molecule has 0 amide bonds. The van der Waals surface area contributed by atoms with E-state index in [1.165, 1.54) is 0 Å². The summed E-state index contributed by atoms with van der Waals surface area (Å²) in [7, 11) is 0. The molecule has 1 aromatic rings. The molecule has 0 bridgehead atoms. The molecule has 0 unspecified atom stereocenters. The minimum atomic E-state index is -0.159. The maximum atomic E-state index is 5.59. The maximum Gasteiger partial charge on any atom is 0.168 e. The Morgan fingerprint density at radius 2 is 2.50 bits per heavy atom. The molecular weight excluding hydrogens is 148 g/mol. The van der Waals surface area contributed by atoms with Crippen LogP contribution in [0.15, 0.2) is 0 Å². The van der Waals surface area contributed by atoms with Crippen LogP contribution in [-0.4, -0.2) is 20.9 Å². The lowest BCUT2D eigenvalue weighted by atomic mass is 10.3. The van der Waals surface area contributed by atoms with Crippen molar-refractivity contribution in [1.29, 1.82) is 0 Å². The smallest absolute Gasteiger partial charge is 0.168 e. The Hall–Kier alpha value is -0.550. The van der Waals surface area contributed by atoms with Gasteiger partial charge in [-0.15, -0.1) is 0 Å². The van der Waals surface area contributed by atoms with E-state index >= 15 is 0 Å². The van der Waals surface area contributed by atoms with Crippen molar-refractivity contribution in [2.45, 2.75) is 13.0 Å². The Bertz CT molecular complexity index is 209. The predicted octanol–water partition coefficient (Wildman–Crippen LogP) is 0.0427. The first-order chi connectivity index (χ1) is 4.74. The van der Waals surface area contributed by atoms with Gasteiger partial charge in [0.2, 0.25) is 0 Å². The highest BCUT2D eigenvalue weighted by Crippen LogP contribution is 2.03. The van der Waals surface area contributed by atoms with E-state index in [1.54, 1.807) is 0 Å². The van der Waals surface area contributed by atoms with Crippen molar-refractivity contribution >= 4 is 12.6 Å². The van der Waals surface area contributed by atoms with Gasteiger partial charge < -0.3 is 5.73 Å². The maximum absolute atomic E-state index is 5.59. The highest BCUT2D eigenvalue weighted by atomic mass is 32.1. The highest BCUT2D eigenvalue weighted by molar-refractivity contribution is 7.80. The minimum Gasteiger partial charge on any atom is -0.321 e. The van der Waals surface area contributed by atoms with E-state index in [0.717, 1.165) is 5.82 Å². The zero-order chi connectivity index (χ0) is 7.56. The van der Waals surface area contributed by atoms with Crippen molar-refractivity contribution in [2.75, 3.05) is 5.75 Å². The molecule has 0 fully saturated rings. The molecule has 1 heterocycles. The zero-order valence-electron chi connectivity index (χ0n) is 5.70. The molecule has 1 aromatic heterocycles. The fourth-order valence-corrected chi connectivity index (χ4v) is 0.771. The SMILES string of the molecule is Cc1nc([C@@H](N)CS)n[nH]1. The molecule has 5 heteroatoms. The molecule has 0 aliphatic heterocycles. The van der Waals surface area contributed by atoms with Crippen LogP contribution >= 0.6 is 12.6 Å². The molecule has 0 spiro atoms. The Morgan fingerprint density at radius 1 is 1.80 bits per heavy atom. The third-order valence-corrected chi connectivity index (χ3v) is 1.54. The molecule has 0 aromatic carbocycles. The molecule has 56 valence electrons. The predicted molar refractivity (Wildman–Crippen MR) is 41.9 cm³/mol. The molecule has 0 saturated heterocycles. The topological polar surface area (TPSA) is 67.6 Å². The Balaban J connectivity index is 2.74. The van der Waals surface area contributed by atoms with Crippen molar-refractivity contribution in [1.82, 2.24) is 15.2 Å². The normalized spacial score (nSPS) is 13.5. The van der Waals surface area contributed by atoms with Gasteiger partial charge in [-0.1, -0.05) is 0 Å². The number of aromatic amines is 1. The minimum absolute atomic E-state index is 0.159. The summed E-state index contributed by atoms with van der Waals surface area (Å²) in [4.78, 5) is 4.04. The number of nitrogens with two attached hydrogens (primary N) is 1. The summed E-state index contributed by atoms with van der Waals surface area (Å²) in [6, 6.07) is -0.159. The van der Waals surface area contributed by atoms with Crippen LogP contribution < -0.4 is 5.73 Å². The van der Waals surface area contributed by atoms with Gasteiger partial charge in [-0.05, 0) is 6.92 Å². The second kappa shape index (κ2) is 3.03. The quantitative estimate of drug-likeness (QED) is 0.532. The highest BCUT2D eigenvalue weighted by Gasteiger charge is 2.07. The summed E-state index contributed by atoms with van der Waals surface area (Å²) < 4.78 is 0. The van der Waals surface area contributed by atoms with Gasteiger partial charge in [-0.2, -0.15) is 17.7 Å². The van der Waals surface area contributed by atoms with Crippen LogP contribution in [-0.2, 0) is 0 Å². The summed E-state index contributed by atoms with van der Waals surface area (Å²) in [6.07, 6.45) is 0. The van der Waals surface area contributed by atoms with Gasteiger partial charge in [0.15, 0.2) is 5.82 Å². The van der Waals surface area contributed by atoms with Crippen LogP contribution in [0, 0.1) is 6.92 Å². The second-order valence-electron chi connectivity index (χ2n) is 2.07. The average molecular weight is 158 g/mol. The van der Waals surface area contributed by atoms with Crippen LogP contribution in [0.3, 0.4) is 0 Å². The number of nitrogens with one attached hydrogen (secondary N) is 1. The third kappa shape index (κ3) is 1.48. The molecule has 4 nitrogen and oxygen atoms in total. The monoisotopic (exact) mass is 158 g/mol. The van der Waals surface area contributed by atoms with E-state index < -0.39 is 0 Å². The van der Waals surface area contributed by atoms with Crippen LogP contribution in [0.1, 0.15) is 17.7 Å². The number of H-pyrrole nitrogens is 1. The Morgan fingerprint density at radius 3 is 2.90 bits per heavy atom. The number of nitrogens with zero attached hydrogens (tertiary/aromatic N) is 2. The fourth-order valence-electron chi connectivity index (χ4n) is 0.607. The number of aromatic nitrogens is 3. The summed E-state index contributed by atoms with van der Waals surface area (Å²) in [5, 5.41) is 6.59. The van der Waals surface area contributed by atoms with E-state index in [4.69, 9.17) is 5.73 Å². The van der Waals surface area contributed by atoms with Crippen molar-refractivity contribution < 1.29 is 0 Å². The summed E-state index contributed by atoms with van der Waals surface area (Å²) in [5.41, 5.74) is 5.59. The van der Waals surface area contributed by atoms with Gasteiger partial charge in [0.25, 0.3) is 0 Å². The average Bonchev–Trinajstić information content (AvgIpc) is 2.34. The van der Waals surface area contributed by atoms with Gasteiger partial charge in [0.1, 0.15) is 5.82 Å². The number of thiol groups is 1. The standard InChI is InChI=1S/C5H10N4S/c1-3-7-5(9-8-3)4(6)2-10/h4,10H,2,6H2,1H3,(H,7,8,9)/t4-/m0/s1. The molecule has 10 heavy (non-hydrogen) atoms. The molecule has 0 saturated carbocycles. The van der Waals surface area contributed by atoms with Gasteiger partial charge in [-0.3, -0.25) is 5.10 Å². The van der Waals surface area contributed by atoms with E-state index in [2.05, 4.69) is 27.8 Å². The first-order valence-corrected chi connectivity index (χ1v) is 3.62. The van der Waals surface area contributed by atoms with Crippen LogP contribution in [0.5, 0.6) is 0 Å². The van der Waals surface area contributed by atoms with Gasteiger partial charge >= 0.3 is 0 Å². The first kappa shape index (κ1) is 7.56. The number of aryl methyl sites for hydroxylation is 1. The van der Waals surface area contributed by atoms with Crippen molar-refractivity contribution in [3.8, 4) is 0 Å². The molecule has 0 aliphatic rings. The van der Waals surface area contributed by atoms with Crippen LogP contribution in [0.4, 0.5) is 0 Å². The zero-order valence-corrected chi connectivity index (χ0v) is 6.60. The van der Waals surface area contributed by atoms with E-state index in [9.17, 15) is 0 Å². The molecule has 0 radical (unpaired) electrons. The van der Waals surface area contributed by atoms with Gasteiger partial charge in [0, 0.05) is 5.75 Å². The second-order valence-corrected chi connectivity index (χ2v) is 2.43. The van der Waals surface area contributed by atoms with Crippen molar-refractivity contribution in [3.05, 3.63) is 11.6 Å². The molecule has 0 aliphatic carbocycles. The third-order valence-electron chi connectivity index (χ3n) is 1.14. The van der Waals surface area contributed by atoms with Gasteiger partial charge in [-0.25, -0.2) is 4.98 Å². The van der Waals surface area contributed by atoms with Crippen molar-refractivity contribution in [2.24, 2.45) is 5.73 Å². The van der Waals surface area contributed by atoms with E-state index in [1.807, 2.05) is 6.92 Å². The summed E-state index contributed by atoms with van der Waals surface area (Å²) in [5.74, 6) is 1.98. The lowest BCUT2D eigenvalue weighted by Crippen LogP contribution is -2.13. The number of rotatable bonds is 2. The summed E-state index contributed by atoms with van der Waals surface area (Å²) >= 11 is 4.02. The van der Waals surface area contributed by atoms with Gasteiger partial charge in [0.05, 0.1) is 6.04 Å². The van der Waals surface area contributed by atoms with Crippen molar-refractivity contribution in [3.63, 3.8) is 0 Å². The van der Waals surface area contributed by atoms with Crippen LogP contribution in [0.2, 0.25) is 0 Å². The Labute approximate surface area is 64.6 Å². The molecular formula is C5H10N4S.